The Bertz CT molecular complexity index is 578. The molecule has 22 heavy (non-hydrogen) atoms. The lowest BCUT2D eigenvalue weighted by Crippen LogP contribution is -2.31. The van der Waals surface area contributed by atoms with Gasteiger partial charge in [0.15, 0.2) is 0 Å². The van der Waals surface area contributed by atoms with E-state index in [9.17, 15) is 9.59 Å². The zero-order chi connectivity index (χ0) is 15.0. The smallest absolute Gasteiger partial charge is 0.253 e. The highest BCUT2D eigenvalue weighted by Crippen LogP contribution is 2.38. The number of hydrogen-bond donors (Lipinski definition) is 2. The number of nitrogens with two attached hydrogens (primary N) is 1. The Labute approximate surface area is 136 Å². The Morgan fingerprint density at radius 1 is 1.36 bits per heavy atom. The minimum Gasteiger partial charge on any atom is -0.337 e. The van der Waals surface area contributed by atoms with Crippen molar-refractivity contribution in [3.63, 3.8) is 0 Å². The fraction of sp³-hybridized carbons (Fsp3) is 0.500. The van der Waals surface area contributed by atoms with Gasteiger partial charge in [-0.3, -0.25) is 9.59 Å². The standard InChI is InChI=1S/C16H21N3O2.ClH/c1-10-7-14(10)15(20)18-13-4-2-3-11(8-13)16(21)19-6-5-12(17)9-19;/h2-4,8,10,12,14H,5-7,9,17H2,1H3,(H,18,20);1H/t10?,12-,14?;/m1./s1. The maximum absolute atomic E-state index is 12.4. The van der Waals surface area contributed by atoms with Gasteiger partial charge in [-0.15, -0.1) is 12.4 Å². The second kappa shape index (κ2) is 6.67. The molecule has 1 saturated heterocycles. The number of anilines is 1. The second-order valence-electron chi connectivity index (χ2n) is 6.19. The number of amides is 2. The molecule has 0 spiro atoms. The minimum absolute atomic E-state index is 0. The van der Waals surface area contributed by atoms with Crippen molar-refractivity contribution in [3.8, 4) is 0 Å². The molecule has 5 nitrogen and oxygen atoms in total. The summed E-state index contributed by atoms with van der Waals surface area (Å²) in [5.74, 6) is 0.635. The van der Waals surface area contributed by atoms with Crippen LogP contribution in [0.3, 0.4) is 0 Å². The number of halogens is 1. The Morgan fingerprint density at radius 3 is 2.68 bits per heavy atom. The van der Waals surface area contributed by atoms with Crippen LogP contribution in [0, 0.1) is 11.8 Å². The number of carbonyl (C=O) groups excluding carboxylic acids is 2. The highest BCUT2D eigenvalue weighted by Gasteiger charge is 2.39. The van der Waals surface area contributed by atoms with Gasteiger partial charge >= 0.3 is 0 Å². The first-order chi connectivity index (χ1) is 10.0. The lowest BCUT2D eigenvalue weighted by atomic mass is 10.1. The molecule has 3 atom stereocenters. The molecule has 1 heterocycles. The van der Waals surface area contributed by atoms with E-state index in [1.54, 1.807) is 23.1 Å². The van der Waals surface area contributed by atoms with Crippen molar-refractivity contribution in [2.45, 2.75) is 25.8 Å². The van der Waals surface area contributed by atoms with Gasteiger partial charge in [0.05, 0.1) is 0 Å². The van der Waals surface area contributed by atoms with Gasteiger partial charge in [0.1, 0.15) is 0 Å². The lowest BCUT2D eigenvalue weighted by Gasteiger charge is -2.16. The van der Waals surface area contributed by atoms with Crippen LogP contribution in [0.15, 0.2) is 24.3 Å². The van der Waals surface area contributed by atoms with Gasteiger partial charge in [0.25, 0.3) is 5.91 Å². The molecular weight excluding hydrogens is 302 g/mol. The number of carbonyl (C=O) groups is 2. The Hall–Kier alpha value is -1.59. The summed E-state index contributed by atoms with van der Waals surface area (Å²) in [5, 5.41) is 2.89. The number of benzene rings is 1. The first-order valence-corrected chi connectivity index (χ1v) is 7.50. The van der Waals surface area contributed by atoms with Gasteiger partial charge in [-0.05, 0) is 37.0 Å². The van der Waals surface area contributed by atoms with Gasteiger partial charge in [-0.25, -0.2) is 0 Å². The molecule has 2 unspecified atom stereocenters. The molecule has 1 saturated carbocycles. The van der Waals surface area contributed by atoms with Gasteiger partial charge in [-0.2, -0.15) is 0 Å². The normalized spacial score (nSPS) is 26.3. The van der Waals surface area contributed by atoms with E-state index >= 15 is 0 Å². The summed E-state index contributed by atoms with van der Waals surface area (Å²) >= 11 is 0. The van der Waals surface area contributed by atoms with E-state index in [2.05, 4.69) is 12.2 Å². The largest absolute Gasteiger partial charge is 0.337 e. The van der Waals surface area contributed by atoms with Crippen LogP contribution in [-0.4, -0.2) is 35.8 Å². The highest BCUT2D eigenvalue weighted by molar-refractivity contribution is 5.98. The van der Waals surface area contributed by atoms with Crippen LogP contribution in [0.2, 0.25) is 0 Å². The Balaban J connectivity index is 0.00000176. The average molecular weight is 324 g/mol. The molecule has 2 aliphatic rings. The number of rotatable bonds is 3. The molecule has 2 amide bonds. The van der Waals surface area contributed by atoms with Crippen LogP contribution in [0.25, 0.3) is 0 Å². The highest BCUT2D eigenvalue weighted by atomic mass is 35.5. The van der Waals surface area contributed by atoms with Crippen molar-refractivity contribution in [1.82, 2.24) is 4.90 Å². The van der Waals surface area contributed by atoms with Gasteiger partial charge in [0, 0.05) is 36.3 Å². The number of hydrogen-bond acceptors (Lipinski definition) is 3. The first kappa shape index (κ1) is 16.8. The number of nitrogens with one attached hydrogen (secondary N) is 1. The van der Waals surface area contributed by atoms with Crippen LogP contribution >= 0.6 is 12.4 Å². The zero-order valence-corrected chi connectivity index (χ0v) is 13.4. The molecule has 0 aromatic heterocycles. The van der Waals surface area contributed by atoms with Crippen molar-refractivity contribution in [2.75, 3.05) is 18.4 Å². The van der Waals surface area contributed by atoms with Gasteiger partial charge in [-0.1, -0.05) is 13.0 Å². The minimum atomic E-state index is -0.0150. The molecule has 3 N–H and O–H groups in total. The SMILES string of the molecule is CC1CC1C(=O)Nc1cccc(C(=O)N2CC[C@@H](N)C2)c1.Cl. The fourth-order valence-corrected chi connectivity index (χ4v) is 2.81. The third-order valence-electron chi connectivity index (χ3n) is 4.34. The van der Waals surface area contributed by atoms with Crippen molar-refractivity contribution in [1.29, 1.82) is 0 Å². The summed E-state index contributed by atoms with van der Waals surface area (Å²) in [6.07, 6.45) is 1.80. The van der Waals surface area contributed by atoms with Crippen LogP contribution < -0.4 is 11.1 Å². The summed E-state index contributed by atoms with van der Waals surface area (Å²) < 4.78 is 0. The molecule has 3 rings (SSSR count). The Kier molecular flexibility index (Phi) is 5.08. The van der Waals surface area contributed by atoms with Crippen molar-refractivity contribution >= 4 is 29.9 Å². The van der Waals surface area contributed by atoms with E-state index in [0.29, 0.717) is 30.3 Å². The molecule has 120 valence electrons. The Morgan fingerprint density at radius 2 is 2.09 bits per heavy atom. The molecule has 1 aromatic rings. The second-order valence-corrected chi connectivity index (χ2v) is 6.19. The van der Waals surface area contributed by atoms with E-state index in [0.717, 1.165) is 12.8 Å². The van der Waals surface area contributed by atoms with Crippen molar-refractivity contribution in [3.05, 3.63) is 29.8 Å². The summed E-state index contributed by atoms with van der Waals surface area (Å²) in [4.78, 5) is 26.1. The quantitative estimate of drug-likeness (QED) is 0.891. The van der Waals surface area contributed by atoms with Crippen molar-refractivity contribution < 1.29 is 9.59 Å². The maximum atomic E-state index is 12.4. The summed E-state index contributed by atoms with van der Waals surface area (Å²) in [6.45, 7) is 3.38. The predicted octanol–water partition coefficient (Wildman–Crippen LogP) is 1.88. The van der Waals surface area contributed by atoms with E-state index < -0.39 is 0 Å². The van der Waals surface area contributed by atoms with Crippen LogP contribution in [0.1, 0.15) is 30.1 Å². The third kappa shape index (κ3) is 3.59. The van der Waals surface area contributed by atoms with E-state index in [-0.39, 0.29) is 36.2 Å². The predicted molar refractivity (Wildman–Crippen MR) is 88.1 cm³/mol. The van der Waals surface area contributed by atoms with E-state index in [1.165, 1.54) is 0 Å². The monoisotopic (exact) mass is 323 g/mol. The summed E-state index contributed by atoms with van der Waals surface area (Å²) in [6, 6.07) is 7.22. The molecular formula is C16H22ClN3O2. The third-order valence-corrected chi connectivity index (χ3v) is 4.34. The topological polar surface area (TPSA) is 75.4 Å². The maximum Gasteiger partial charge on any atom is 0.253 e. The molecule has 6 heteroatoms. The lowest BCUT2D eigenvalue weighted by molar-refractivity contribution is -0.117. The molecule has 1 aliphatic heterocycles. The van der Waals surface area contributed by atoms with Gasteiger partial charge in [0.2, 0.25) is 5.91 Å². The fourth-order valence-electron chi connectivity index (χ4n) is 2.81. The van der Waals surface area contributed by atoms with E-state index in [1.807, 2.05) is 6.07 Å². The van der Waals surface area contributed by atoms with Gasteiger partial charge < -0.3 is 16.0 Å². The van der Waals surface area contributed by atoms with E-state index in [4.69, 9.17) is 5.73 Å². The average Bonchev–Trinajstić information content (AvgIpc) is 3.04. The number of likely N-dealkylation sites (tertiary alicyclic amines) is 1. The zero-order valence-electron chi connectivity index (χ0n) is 12.6. The van der Waals surface area contributed by atoms with Crippen LogP contribution in [0.4, 0.5) is 5.69 Å². The summed E-state index contributed by atoms with van der Waals surface area (Å²) in [5.41, 5.74) is 7.13. The molecule has 1 aromatic carbocycles. The first-order valence-electron chi connectivity index (χ1n) is 7.50. The van der Waals surface area contributed by atoms with Crippen molar-refractivity contribution in [2.24, 2.45) is 17.6 Å². The molecule has 1 aliphatic carbocycles. The molecule has 0 radical (unpaired) electrons. The summed E-state index contributed by atoms with van der Waals surface area (Å²) in [7, 11) is 0. The van der Waals surface area contributed by atoms with Crippen LogP contribution in [0.5, 0.6) is 0 Å². The molecule has 2 fully saturated rings. The molecule has 0 bridgehead atoms. The number of nitrogens with zero attached hydrogens (tertiary/aromatic N) is 1. The van der Waals surface area contributed by atoms with Crippen LogP contribution in [-0.2, 0) is 4.79 Å².